The van der Waals surface area contributed by atoms with Crippen LogP contribution in [-0.4, -0.2) is 27.8 Å². The predicted octanol–water partition coefficient (Wildman–Crippen LogP) is 8.29. The molecule has 0 radical (unpaired) electrons. The number of hydrogen-bond donors (Lipinski definition) is 0. The van der Waals surface area contributed by atoms with Crippen LogP contribution >= 0.6 is 0 Å². The van der Waals surface area contributed by atoms with Crippen molar-refractivity contribution in [2.45, 2.75) is 0 Å². The van der Waals surface area contributed by atoms with Gasteiger partial charge < -0.3 is 0 Å². The second kappa shape index (κ2) is 12.8. The minimum absolute atomic E-state index is 0.701. The first-order valence-corrected chi connectivity index (χ1v) is 21.2. The summed E-state index contributed by atoms with van der Waals surface area (Å²) in [6.45, 7) is 0. The number of aromatic nitrogens is 3. The molecule has 50 heavy (non-hydrogen) atoms. The van der Waals surface area contributed by atoms with Gasteiger partial charge in [-0.15, -0.1) is 0 Å². The first-order chi connectivity index (χ1) is 24.8. The number of para-hydroxylation sites is 2. The summed E-state index contributed by atoms with van der Waals surface area (Å²) in [5.41, 5.74) is 5.19. The number of hydrogen-bond acceptors (Lipinski definition) is 2. The molecule has 0 amide bonds. The molecule has 0 spiro atoms. The molecule has 236 valence electrons. The third kappa shape index (κ3) is 5.06. The minimum atomic E-state index is -3.49. The molecule has 2 aromatic heterocycles. The molecular formula is C46H33GeN3. The van der Waals surface area contributed by atoms with Gasteiger partial charge in [0.15, 0.2) is 0 Å². The summed E-state index contributed by atoms with van der Waals surface area (Å²) in [5.74, 6) is 1.55. The van der Waals surface area contributed by atoms with E-state index in [1.807, 2.05) is 18.2 Å². The van der Waals surface area contributed by atoms with Crippen LogP contribution in [0.15, 0.2) is 200 Å². The maximum absolute atomic E-state index is 5.28. The third-order valence-corrected chi connectivity index (χ3v) is 19.8. The topological polar surface area (TPSA) is 30.7 Å². The normalized spacial score (nSPS) is 11.6. The average Bonchev–Trinajstić information content (AvgIpc) is 3.54. The molecule has 0 N–H and O–H groups in total. The van der Waals surface area contributed by atoms with Crippen LogP contribution in [0, 0.1) is 0 Å². The van der Waals surface area contributed by atoms with Gasteiger partial charge in [0.25, 0.3) is 0 Å². The molecule has 3 nitrogen and oxygen atoms in total. The van der Waals surface area contributed by atoms with Gasteiger partial charge in [0.1, 0.15) is 0 Å². The van der Waals surface area contributed by atoms with E-state index in [-0.39, 0.29) is 0 Å². The second-order valence-electron chi connectivity index (χ2n) is 12.6. The summed E-state index contributed by atoms with van der Waals surface area (Å²) in [5, 5.41) is 2.41. The molecule has 0 aliphatic rings. The quantitative estimate of drug-likeness (QED) is 0.157. The Hall–Kier alpha value is -6.04. The Bertz CT molecular complexity index is 2430. The first kappa shape index (κ1) is 30.1. The summed E-state index contributed by atoms with van der Waals surface area (Å²) in [4.78, 5) is 10.5. The monoisotopic (exact) mass is 701 g/mol. The van der Waals surface area contributed by atoms with Crippen molar-refractivity contribution in [3.8, 4) is 28.5 Å². The number of benzene rings is 7. The van der Waals surface area contributed by atoms with Crippen LogP contribution < -0.4 is 17.6 Å². The summed E-state index contributed by atoms with van der Waals surface area (Å²) in [6, 6.07) is 72.2. The third-order valence-electron chi connectivity index (χ3n) is 9.77. The van der Waals surface area contributed by atoms with E-state index in [1.54, 1.807) is 0 Å². The molecule has 0 aliphatic carbocycles. The molecule has 0 atom stereocenters. The van der Waals surface area contributed by atoms with Crippen molar-refractivity contribution in [1.82, 2.24) is 14.5 Å². The van der Waals surface area contributed by atoms with Gasteiger partial charge >= 0.3 is 296 Å². The number of nitrogens with zero attached hydrogens (tertiary/aromatic N) is 3. The van der Waals surface area contributed by atoms with E-state index in [0.29, 0.717) is 5.82 Å². The molecule has 4 heteroatoms. The van der Waals surface area contributed by atoms with Crippen molar-refractivity contribution in [1.29, 1.82) is 0 Å². The Morgan fingerprint density at radius 3 is 1.34 bits per heavy atom. The molecule has 7 aromatic carbocycles. The molecule has 0 saturated heterocycles. The van der Waals surface area contributed by atoms with E-state index in [2.05, 4.69) is 187 Å². The molecule has 0 aliphatic heterocycles. The molecular weight excluding hydrogens is 667 g/mol. The van der Waals surface area contributed by atoms with Crippen molar-refractivity contribution in [3.05, 3.63) is 200 Å². The van der Waals surface area contributed by atoms with Gasteiger partial charge in [-0.1, -0.05) is 0 Å². The van der Waals surface area contributed by atoms with Crippen LogP contribution in [-0.2, 0) is 0 Å². The van der Waals surface area contributed by atoms with E-state index in [0.717, 1.165) is 33.7 Å². The SMILES string of the molecule is c1ccc(-c2nc(-c3ccc[c]([Ge]([c]4ccccc4)([c]4ccccc4)[c]4ccccc4)c3)cc(-n3c4ccccc4c4ccccc43)n2)cc1. The summed E-state index contributed by atoms with van der Waals surface area (Å²) in [6.07, 6.45) is 0. The average molecular weight is 700 g/mol. The van der Waals surface area contributed by atoms with Gasteiger partial charge in [-0.3, -0.25) is 0 Å². The van der Waals surface area contributed by atoms with Crippen molar-refractivity contribution in [2.75, 3.05) is 0 Å². The van der Waals surface area contributed by atoms with Crippen LogP contribution in [0.3, 0.4) is 0 Å². The Balaban J connectivity index is 1.32. The van der Waals surface area contributed by atoms with Crippen LogP contribution in [0.25, 0.3) is 50.3 Å². The Morgan fingerprint density at radius 1 is 0.360 bits per heavy atom. The molecule has 9 aromatic rings. The summed E-state index contributed by atoms with van der Waals surface area (Å²) in [7, 11) is 0. The van der Waals surface area contributed by atoms with Crippen LogP contribution in [0.4, 0.5) is 0 Å². The molecule has 0 unspecified atom stereocenters. The van der Waals surface area contributed by atoms with E-state index >= 15 is 0 Å². The Morgan fingerprint density at radius 2 is 0.800 bits per heavy atom. The molecule has 0 bridgehead atoms. The van der Waals surface area contributed by atoms with Crippen molar-refractivity contribution >= 4 is 52.7 Å². The van der Waals surface area contributed by atoms with Gasteiger partial charge in [-0.05, 0) is 0 Å². The van der Waals surface area contributed by atoms with Gasteiger partial charge in [-0.25, -0.2) is 0 Å². The first-order valence-electron chi connectivity index (χ1n) is 17.0. The van der Waals surface area contributed by atoms with E-state index in [1.165, 1.54) is 28.4 Å². The summed E-state index contributed by atoms with van der Waals surface area (Å²) < 4.78 is 7.80. The van der Waals surface area contributed by atoms with E-state index < -0.39 is 13.3 Å². The summed E-state index contributed by atoms with van der Waals surface area (Å²) >= 11 is -3.49. The zero-order chi connectivity index (χ0) is 33.3. The Kier molecular flexibility index (Phi) is 7.68. The fraction of sp³-hybridized carbons (Fsp3) is 0. The molecule has 0 fully saturated rings. The fourth-order valence-corrected chi connectivity index (χ4v) is 17.6. The van der Waals surface area contributed by atoms with Gasteiger partial charge in [0, 0.05) is 0 Å². The fourth-order valence-electron chi connectivity index (χ4n) is 7.56. The second-order valence-corrected chi connectivity index (χ2v) is 20.6. The molecule has 9 rings (SSSR count). The van der Waals surface area contributed by atoms with Crippen molar-refractivity contribution < 1.29 is 0 Å². The van der Waals surface area contributed by atoms with Gasteiger partial charge in [0.05, 0.1) is 0 Å². The Labute approximate surface area is 294 Å². The molecule has 0 saturated carbocycles. The van der Waals surface area contributed by atoms with Gasteiger partial charge in [0.2, 0.25) is 0 Å². The zero-order valence-corrected chi connectivity index (χ0v) is 29.5. The standard InChI is InChI=1S/C46H33GeN3/c1-5-18-34(19-6-1)46-48-42(33-45(49-46)50-43-30-15-13-28-40(43)41-29-14-16-31-44(41)50)35-20-17-27-39(32-35)47(36-21-7-2-8-22-36,37-23-9-3-10-24-37)38-25-11-4-12-26-38/h1-33H. The molecule has 2 heterocycles. The predicted molar refractivity (Wildman–Crippen MR) is 211 cm³/mol. The van der Waals surface area contributed by atoms with Crippen molar-refractivity contribution in [2.24, 2.45) is 0 Å². The van der Waals surface area contributed by atoms with E-state index in [4.69, 9.17) is 9.97 Å². The van der Waals surface area contributed by atoms with Crippen LogP contribution in [0.1, 0.15) is 0 Å². The maximum atomic E-state index is 5.28. The number of fused-ring (bicyclic) bond motifs is 3. The van der Waals surface area contributed by atoms with Gasteiger partial charge in [-0.2, -0.15) is 0 Å². The van der Waals surface area contributed by atoms with Crippen molar-refractivity contribution in [3.63, 3.8) is 0 Å². The zero-order valence-electron chi connectivity index (χ0n) is 27.4. The van der Waals surface area contributed by atoms with Crippen LogP contribution in [0.5, 0.6) is 0 Å². The van der Waals surface area contributed by atoms with E-state index in [9.17, 15) is 0 Å². The van der Waals surface area contributed by atoms with Crippen LogP contribution in [0.2, 0.25) is 0 Å². The number of rotatable bonds is 7.